The van der Waals surface area contributed by atoms with E-state index in [1.54, 1.807) is 183 Å². The van der Waals surface area contributed by atoms with Gasteiger partial charge in [0.1, 0.15) is 37.5 Å². The average molecular weight is 1720 g/mol. The van der Waals surface area contributed by atoms with Gasteiger partial charge in [-0.1, -0.05) is 114 Å². The van der Waals surface area contributed by atoms with Crippen LogP contribution in [0.25, 0.3) is 0 Å². The molecule has 632 valence electrons. The lowest BCUT2D eigenvalue weighted by molar-refractivity contribution is 0.101. The fraction of sp³-hybridized carbons (Fsp3) is 0.0808. The van der Waals surface area contributed by atoms with Gasteiger partial charge in [-0.3, -0.25) is 24.0 Å². The molecule has 15 rings (SSSR count). The summed E-state index contributed by atoms with van der Waals surface area (Å²) in [5.74, 6) is 5.91. The van der Waals surface area contributed by atoms with E-state index in [1.165, 1.54) is 43.8 Å². The molecule has 0 fully saturated rings. The summed E-state index contributed by atoms with van der Waals surface area (Å²) in [5.41, 5.74) is 17.7. The van der Waals surface area contributed by atoms with Crippen molar-refractivity contribution in [3.8, 4) is 37.0 Å². The fourth-order valence-corrected chi connectivity index (χ4v) is 12.5. The molecule has 127 heavy (non-hydrogen) atoms. The minimum Gasteiger partial charge on any atom is -0.342 e. The molecule has 0 saturated heterocycles. The Kier molecular flexibility index (Phi) is 33.2. The summed E-state index contributed by atoms with van der Waals surface area (Å²) in [6.45, 7) is 3.92. The quantitative estimate of drug-likeness (QED) is 0.0443. The molecular formula is C99H85Cl2FN20O5. The van der Waals surface area contributed by atoms with Crippen molar-refractivity contribution in [1.82, 2.24) is 49.8 Å². The number of terminal acetylenes is 3. The average Bonchev–Trinajstić information content (AvgIpc) is 0.837. The van der Waals surface area contributed by atoms with E-state index < -0.39 is 5.82 Å². The van der Waals surface area contributed by atoms with Crippen molar-refractivity contribution in [3.05, 3.63) is 390 Å². The first-order chi connectivity index (χ1) is 61.0. The SMILES string of the molecule is C.C#Cc1cccc(C(=O)Nc2cc(Cl)cc(N(C)c3cncnc3)c2)c1.C#Cc1cccc(C(=O)Nc2cc(F)cc(N(C)c3cncnc3)c2)c1.C#Cc1cccc(C(=O)Nc2cccc(N(C)c3cncnc3)c2)c1.Cc1cccc(C(=O)Nc2cc(Cl)cc(N(C)c3cncnc3)c2)c1.Cc1cccc(C(=O)Nc2cccc(N(C)c3cncnc3)c2)c1. The van der Waals surface area contributed by atoms with Gasteiger partial charge in [-0.25, -0.2) is 54.2 Å². The van der Waals surface area contributed by atoms with Gasteiger partial charge < -0.3 is 51.1 Å². The Morgan fingerprint density at radius 2 is 0.520 bits per heavy atom. The molecule has 5 heterocycles. The lowest BCUT2D eigenvalue weighted by atomic mass is 10.1. The van der Waals surface area contributed by atoms with Gasteiger partial charge in [0.05, 0.1) is 90.4 Å². The van der Waals surface area contributed by atoms with Crippen LogP contribution in [-0.2, 0) is 0 Å². The highest BCUT2D eigenvalue weighted by atomic mass is 35.5. The van der Waals surface area contributed by atoms with Crippen molar-refractivity contribution < 1.29 is 28.4 Å². The smallest absolute Gasteiger partial charge is 0.255 e. The summed E-state index contributed by atoms with van der Waals surface area (Å²) >= 11 is 12.4. The van der Waals surface area contributed by atoms with Crippen LogP contribution in [0.2, 0.25) is 10.0 Å². The van der Waals surface area contributed by atoms with Crippen molar-refractivity contribution in [3.63, 3.8) is 0 Å². The van der Waals surface area contributed by atoms with E-state index in [9.17, 15) is 28.4 Å². The van der Waals surface area contributed by atoms with Crippen molar-refractivity contribution in [2.45, 2.75) is 21.3 Å². The number of carbonyl (C=O) groups excluding carboxylic acids is 5. The maximum Gasteiger partial charge on any atom is 0.255 e. The number of aromatic nitrogens is 10. The zero-order chi connectivity index (χ0) is 89.4. The second kappa shape index (κ2) is 45.7. The predicted octanol–water partition coefficient (Wildman–Crippen LogP) is 20.1. The topological polar surface area (TPSA) is 291 Å². The molecule has 5 amide bonds. The van der Waals surface area contributed by atoms with Gasteiger partial charge in [-0.2, -0.15) is 0 Å². The van der Waals surface area contributed by atoms with E-state index in [1.807, 2.05) is 165 Å². The molecule has 0 aliphatic rings. The molecule has 28 heteroatoms. The van der Waals surface area contributed by atoms with Gasteiger partial charge in [0.15, 0.2) is 0 Å². The zero-order valence-corrected chi connectivity index (χ0v) is 70.6. The monoisotopic (exact) mass is 1720 g/mol. The normalized spacial score (nSPS) is 10.0. The van der Waals surface area contributed by atoms with Crippen LogP contribution in [-0.4, -0.2) is 115 Å². The highest BCUT2D eigenvalue weighted by Gasteiger charge is 2.18. The number of carbonyl (C=O) groups is 5. The number of benzene rings is 10. The molecule has 5 N–H and O–H groups in total. The molecule has 0 atom stereocenters. The Bertz CT molecular complexity index is 6290. The van der Waals surface area contributed by atoms with Crippen molar-refractivity contribution >= 4 is 138 Å². The molecule has 5 aromatic heterocycles. The van der Waals surface area contributed by atoms with E-state index >= 15 is 0 Å². The van der Waals surface area contributed by atoms with Crippen LogP contribution in [0.3, 0.4) is 0 Å². The van der Waals surface area contributed by atoms with Gasteiger partial charge in [-0.15, -0.1) is 19.3 Å². The standard InChI is InChI=1S/C20H15ClN4O.C20H15FN4O.C20H16N4O.C19H17ClN4O.C19H18N4O.CH4/c2*1-3-14-5-4-6-15(7-14)20(26)24-17-8-16(21)9-18(10-17)25(2)19-11-22-13-23-12-19;1-3-15-6-4-7-16(10-15)20(25)23-17-8-5-9-18(11-17)24(2)19-12-21-14-22-13-19;1-13-4-3-5-14(6-13)19(25)23-16-7-15(20)8-17(9-16)24(2)18-10-21-12-22-11-18;1-14-5-3-6-15(9-14)19(24)22-16-7-4-8-17(10-16)23(2)18-11-20-13-21-12-18;/h2*1,4-13H,2H3,(H,24,26);1,4-14H,2H3,(H,23,25);3-12H,1-2H3,(H,23,25);3-13H,1-2H3,(H,22,24);1H4. The van der Waals surface area contributed by atoms with Gasteiger partial charge in [-0.05, 0) is 184 Å². The minimum atomic E-state index is -0.473. The predicted molar refractivity (Wildman–Crippen MR) is 505 cm³/mol. The largest absolute Gasteiger partial charge is 0.342 e. The molecule has 0 spiro atoms. The first-order valence-corrected chi connectivity index (χ1v) is 39.2. The number of hydrogen-bond donors (Lipinski definition) is 5. The third-order valence-corrected chi connectivity index (χ3v) is 19.1. The highest BCUT2D eigenvalue weighted by molar-refractivity contribution is 6.31. The number of halogens is 3. The maximum absolute atomic E-state index is 14.0. The molecular weight excluding hydrogens is 1640 g/mol. The van der Waals surface area contributed by atoms with E-state index in [-0.39, 0.29) is 37.0 Å². The molecule has 0 aliphatic carbocycles. The molecule has 0 radical (unpaired) electrons. The fourth-order valence-electron chi connectivity index (χ4n) is 12.0. The first kappa shape index (κ1) is 92.4. The van der Waals surface area contributed by atoms with Gasteiger partial charge in [0.25, 0.3) is 29.5 Å². The third-order valence-electron chi connectivity index (χ3n) is 18.7. The number of rotatable bonds is 20. The summed E-state index contributed by atoms with van der Waals surface area (Å²) in [6, 6.07) is 65.6. The van der Waals surface area contributed by atoms with Crippen molar-refractivity contribution in [2.24, 2.45) is 0 Å². The van der Waals surface area contributed by atoms with E-state index in [2.05, 4.69) is 94.2 Å². The van der Waals surface area contributed by atoms with E-state index in [4.69, 9.17) is 42.5 Å². The van der Waals surface area contributed by atoms with Crippen LogP contribution in [0.15, 0.2) is 318 Å². The zero-order valence-electron chi connectivity index (χ0n) is 69.1. The van der Waals surface area contributed by atoms with Crippen LogP contribution in [0.4, 0.5) is 89.7 Å². The number of anilines is 15. The van der Waals surface area contributed by atoms with Crippen molar-refractivity contribution in [2.75, 3.05) is 86.3 Å². The molecule has 0 saturated carbocycles. The number of amides is 5. The molecule has 0 unspecified atom stereocenters. The second-order valence-electron chi connectivity index (χ2n) is 27.7. The lowest BCUT2D eigenvalue weighted by Crippen LogP contribution is -2.14. The summed E-state index contributed by atoms with van der Waals surface area (Å²) in [4.78, 5) is 112. The summed E-state index contributed by atoms with van der Waals surface area (Å²) < 4.78 is 14.0. The molecule has 10 aromatic carbocycles. The van der Waals surface area contributed by atoms with Crippen LogP contribution in [0.5, 0.6) is 0 Å². The second-order valence-corrected chi connectivity index (χ2v) is 28.5. The molecule has 15 aromatic rings. The number of aryl methyl sites for hydroxylation is 2. The minimum absolute atomic E-state index is 0. The summed E-state index contributed by atoms with van der Waals surface area (Å²) in [5, 5.41) is 15.3. The number of nitrogens with zero attached hydrogens (tertiary/aromatic N) is 15. The van der Waals surface area contributed by atoms with Crippen LogP contribution < -0.4 is 51.1 Å². The third kappa shape index (κ3) is 27.1. The summed E-state index contributed by atoms with van der Waals surface area (Å²) in [7, 11) is 9.36. The molecule has 25 nitrogen and oxygen atoms in total. The molecule has 0 bridgehead atoms. The Hall–Kier alpha value is -16.9. The number of hydrogen-bond acceptors (Lipinski definition) is 20. The Morgan fingerprint density at radius 3 is 0.803 bits per heavy atom. The number of nitrogens with one attached hydrogen (secondary N) is 5. The maximum atomic E-state index is 14.0. The van der Waals surface area contributed by atoms with Crippen LogP contribution >= 0.6 is 23.2 Å². The Balaban J connectivity index is 0.000000165. The van der Waals surface area contributed by atoms with E-state index in [0.717, 1.165) is 62.3 Å². The Morgan fingerprint density at radius 1 is 0.283 bits per heavy atom. The van der Waals surface area contributed by atoms with Crippen LogP contribution in [0.1, 0.15) is 87.0 Å². The highest BCUT2D eigenvalue weighted by Crippen LogP contribution is 2.34. The Labute approximate surface area is 746 Å². The van der Waals surface area contributed by atoms with Gasteiger partial charge >= 0.3 is 0 Å². The molecule has 0 aliphatic heterocycles. The van der Waals surface area contributed by atoms with Crippen LogP contribution in [0, 0.1) is 56.7 Å². The van der Waals surface area contributed by atoms with Gasteiger partial charge in [0, 0.05) is 147 Å². The first-order valence-electron chi connectivity index (χ1n) is 38.4. The lowest BCUT2D eigenvalue weighted by Gasteiger charge is -2.20. The van der Waals surface area contributed by atoms with Gasteiger partial charge in [0.2, 0.25) is 0 Å². The summed E-state index contributed by atoms with van der Waals surface area (Å²) in [6.07, 6.45) is 40.4. The van der Waals surface area contributed by atoms with E-state index in [0.29, 0.717) is 88.7 Å². The van der Waals surface area contributed by atoms with Crippen molar-refractivity contribution in [1.29, 1.82) is 0 Å².